The molecule has 6 rings (SSSR count). The first-order chi connectivity index (χ1) is 18.3. The predicted molar refractivity (Wildman–Crippen MR) is 152 cm³/mol. The Labute approximate surface area is 237 Å². The minimum absolute atomic E-state index is 0. The zero-order chi connectivity index (χ0) is 24.9. The summed E-state index contributed by atoms with van der Waals surface area (Å²) < 4.78 is 0. The first-order valence-corrected chi connectivity index (χ1v) is 12.2. The summed E-state index contributed by atoms with van der Waals surface area (Å²) in [5, 5.41) is 5.11. The number of rotatable bonds is 6. The fourth-order valence-corrected chi connectivity index (χ4v) is 4.38. The predicted octanol–water partition coefficient (Wildman–Crippen LogP) is 9.28. The summed E-state index contributed by atoms with van der Waals surface area (Å²) in [7, 11) is 0. The summed E-state index contributed by atoms with van der Waals surface area (Å²) in [6, 6.07) is 48.1. The van der Waals surface area contributed by atoms with Crippen LogP contribution in [0.25, 0.3) is 50.2 Å². The van der Waals surface area contributed by atoms with E-state index in [1.165, 1.54) is 0 Å². The van der Waals surface area contributed by atoms with Crippen molar-refractivity contribution in [2.45, 2.75) is 0 Å². The molecule has 0 amide bonds. The molecule has 0 aliphatic rings. The van der Waals surface area contributed by atoms with Crippen molar-refractivity contribution in [3.63, 3.8) is 0 Å². The number of hydrogen-bond acceptors (Lipinski definition) is 2. The summed E-state index contributed by atoms with van der Waals surface area (Å²) in [4.78, 5) is 9.63. The Morgan fingerprint density at radius 1 is 0.526 bits per heavy atom. The molecule has 4 heteroatoms. The Morgan fingerprint density at radius 2 is 1.16 bits per heavy atom. The normalized spacial score (nSPS) is 10.4. The van der Waals surface area contributed by atoms with Gasteiger partial charge in [0, 0.05) is 6.20 Å². The molecule has 0 aliphatic heterocycles. The molecular weight excluding hydrogens is 645 g/mol. The third-order valence-corrected chi connectivity index (χ3v) is 6.18. The van der Waals surface area contributed by atoms with E-state index in [0.717, 1.165) is 56.3 Å². The molecule has 0 bridgehead atoms. The van der Waals surface area contributed by atoms with Crippen molar-refractivity contribution in [2.24, 2.45) is 0 Å². The van der Waals surface area contributed by atoms with E-state index in [1.807, 2.05) is 84.9 Å². The molecule has 4 aromatic carbocycles. The summed E-state index contributed by atoms with van der Waals surface area (Å²) in [5.74, 6) is 0. The maximum absolute atomic E-state index is 5.11. The quantitative estimate of drug-likeness (QED) is 0.166. The maximum atomic E-state index is 5.11. The van der Waals surface area contributed by atoms with Crippen LogP contribution in [0.3, 0.4) is 0 Å². The van der Waals surface area contributed by atoms with Gasteiger partial charge >= 0.3 is 21.1 Å². The summed E-state index contributed by atoms with van der Waals surface area (Å²) in [6.07, 6.45) is 1.81. The van der Waals surface area contributed by atoms with Crippen molar-refractivity contribution in [2.75, 3.05) is 0 Å². The standard InChI is InChI=1S/C34H23N3.Pt/c1-3-13-25(14-4-1)27-23-33(26-15-5-2-6-16-26)37-34(24-27)29-18-8-10-21-32(29)36-31-20-9-7-17-28(31)30-19-11-12-22-35-30;/h1-15,17-24H;/q-2;+2. The molecule has 0 atom stereocenters. The number of aromatic nitrogens is 2. The van der Waals surface area contributed by atoms with E-state index in [1.54, 1.807) is 6.20 Å². The largest absolute Gasteiger partial charge is 2.00 e. The Balaban J connectivity index is 0.00000294. The van der Waals surface area contributed by atoms with Crippen molar-refractivity contribution >= 4 is 11.4 Å². The van der Waals surface area contributed by atoms with Gasteiger partial charge in [0.2, 0.25) is 0 Å². The van der Waals surface area contributed by atoms with Crippen LogP contribution in [0.1, 0.15) is 0 Å². The molecule has 184 valence electrons. The van der Waals surface area contributed by atoms with Gasteiger partial charge in [0.15, 0.2) is 0 Å². The van der Waals surface area contributed by atoms with Gasteiger partial charge in [-0.3, -0.25) is 9.97 Å². The summed E-state index contributed by atoms with van der Waals surface area (Å²) >= 11 is 0. The van der Waals surface area contributed by atoms with E-state index in [-0.39, 0.29) is 21.1 Å². The summed E-state index contributed by atoms with van der Waals surface area (Å²) in [6.45, 7) is 0. The SMILES string of the molecule is [Pt+2].[c-]1ccccc1-c1cc(-c2ccccc2)cc(-c2ccccc2[N-]c2ccccc2-c2ccccn2)n1. The maximum Gasteiger partial charge on any atom is 2.00 e. The summed E-state index contributed by atoms with van der Waals surface area (Å²) in [5.41, 5.74) is 9.50. The smallest absolute Gasteiger partial charge is 0.657 e. The molecular formula is C34H23N3Pt. The van der Waals surface area contributed by atoms with Crippen molar-refractivity contribution in [1.29, 1.82) is 0 Å². The molecule has 0 aliphatic carbocycles. The topological polar surface area (TPSA) is 39.9 Å². The number of para-hydroxylation sites is 2. The van der Waals surface area contributed by atoms with Gasteiger partial charge in [-0.25, -0.2) is 0 Å². The first kappa shape index (κ1) is 25.3. The fourth-order valence-electron chi connectivity index (χ4n) is 4.38. The van der Waals surface area contributed by atoms with Crippen LogP contribution in [-0.2, 0) is 21.1 Å². The van der Waals surface area contributed by atoms with Crippen molar-refractivity contribution in [3.8, 4) is 44.9 Å². The van der Waals surface area contributed by atoms with Gasteiger partial charge in [-0.15, -0.1) is 47.3 Å². The number of pyridine rings is 2. The molecule has 0 unspecified atom stereocenters. The van der Waals surface area contributed by atoms with Crippen LogP contribution < -0.4 is 0 Å². The fraction of sp³-hybridized carbons (Fsp3) is 0. The van der Waals surface area contributed by atoms with E-state index < -0.39 is 0 Å². The van der Waals surface area contributed by atoms with Gasteiger partial charge < -0.3 is 5.32 Å². The molecule has 6 aromatic rings. The second-order valence-electron chi connectivity index (χ2n) is 8.63. The van der Waals surface area contributed by atoms with Crippen LogP contribution in [0, 0.1) is 6.07 Å². The van der Waals surface area contributed by atoms with E-state index in [2.05, 4.69) is 59.6 Å². The average molecular weight is 669 g/mol. The van der Waals surface area contributed by atoms with Gasteiger partial charge in [0.1, 0.15) is 0 Å². The van der Waals surface area contributed by atoms with E-state index >= 15 is 0 Å². The second kappa shape index (κ2) is 11.8. The van der Waals surface area contributed by atoms with Crippen LogP contribution in [0.4, 0.5) is 11.4 Å². The second-order valence-corrected chi connectivity index (χ2v) is 8.63. The molecule has 2 aromatic heterocycles. The van der Waals surface area contributed by atoms with Crippen molar-refractivity contribution < 1.29 is 21.1 Å². The monoisotopic (exact) mass is 668 g/mol. The average Bonchev–Trinajstić information content (AvgIpc) is 2.99. The zero-order valence-electron chi connectivity index (χ0n) is 20.4. The van der Waals surface area contributed by atoms with Crippen LogP contribution in [0.2, 0.25) is 0 Å². The van der Waals surface area contributed by atoms with Crippen LogP contribution in [0.5, 0.6) is 0 Å². The molecule has 38 heavy (non-hydrogen) atoms. The molecule has 0 saturated heterocycles. The van der Waals surface area contributed by atoms with Crippen LogP contribution in [0.15, 0.2) is 140 Å². The van der Waals surface area contributed by atoms with Gasteiger partial charge in [-0.1, -0.05) is 91.0 Å². The molecule has 0 fully saturated rings. The Hall–Kier alpha value is -4.33. The minimum atomic E-state index is 0. The Bertz CT molecular complexity index is 1580. The van der Waals surface area contributed by atoms with E-state index in [4.69, 9.17) is 10.3 Å². The molecule has 2 heterocycles. The van der Waals surface area contributed by atoms with Crippen LogP contribution in [-0.4, -0.2) is 9.97 Å². The Kier molecular flexibility index (Phi) is 7.87. The molecule has 0 spiro atoms. The van der Waals surface area contributed by atoms with Gasteiger partial charge in [-0.2, -0.15) is 0 Å². The minimum Gasteiger partial charge on any atom is -0.657 e. The third-order valence-electron chi connectivity index (χ3n) is 6.18. The van der Waals surface area contributed by atoms with Crippen LogP contribution >= 0.6 is 0 Å². The third kappa shape index (κ3) is 5.49. The first-order valence-electron chi connectivity index (χ1n) is 12.2. The Morgan fingerprint density at radius 3 is 1.84 bits per heavy atom. The molecule has 0 radical (unpaired) electrons. The molecule has 3 nitrogen and oxygen atoms in total. The van der Waals surface area contributed by atoms with Gasteiger partial charge in [-0.05, 0) is 46.1 Å². The number of hydrogen-bond donors (Lipinski definition) is 0. The number of benzene rings is 4. The van der Waals surface area contributed by atoms with Gasteiger partial charge in [0.05, 0.1) is 11.4 Å². The van der Waals surface area contributed by atoms with Crippen molar-refractivity contribution in [3.05, 3.63) is 151 Å². The molecule has 0 N–H and O–H groups in total. The molecule has 0 saturated carbocycles. The van der Waals surface area contributed by atoms with E-state index in [0.29, 0.717) is 0 Å². The van der Waals surface area contributed by atoms with Crippen molar-refractivity contribution in [1.82, 2.24) is 9.97 Å². The number of nitrogens with zero attached hydrogens (tertiary/aromatic N) is 3. The zero-order valence-corrected chi connectivity index (χ0v) is 22.7. The van der Waals surface area contributed by atoms with Gasteiger partial charge in [0.25, 0.3) is 0 Å². The van der Waals surface area contributed by atoms with E-state index in [9.17, 15) is 0 Å².